The van der Waals surface area contributed by atoms with Crippen LogP contribution in [-0.4, -0.2) is 50.4 Å². The van der Waals surface area contributed by atoms with Crippen LogP contribution in [0.2, 0.25) is 0 Å². The molecular formula is C23H25N3O3. The maximum atomic E-state index is 12.2. The first-order chi connectivity index (χ1) is 14.3. The van der Waals surface area contributed by atoms with Crippen molar-refractivity contribution < 1.29 is 14.3 Å². The van der Waals surface area contributed by atoms with Gasteiger partial charge in [0.2, 0.25) is 5.91 Å². The Bertz CT molecular complexity index is 903. The Morgan fingerprint density at radius 2 is 1.79 bits per heavy atom. The molecule has 6 nitrogen and oxygen atoms in total. The van der Waals surface area contributed by atoms with E-state index in [1.54, 1.807) is 0 Å². The summed E-state index contributed by atoms with van der Waals surface area (Å²) in [5, 5.41) is 6.34. The first-order valence-electron chi connectivity index (χ1n) is 9.83. The number of morpholine rings is 1. The zero-order chi connectivity index (χ0) is 19.9. The third-order valence-electron chi connectivity index (χ3n) is 4.91. The second-order valence-corrected chi connectivity index (χ2v) is 6.93. The molecule has 1 amide bonds. The predicted molar refractivity (Wildman–Crippen MR) is 114 cm³/mol. The Morgan fingerprint density at radius 1 is 1.03 bits per heavy atom. The zero-order valence-electron chi connectivity index (χ0n) is 16.3. The van der Waals surface area contributed by atoms with Crippen LogP contribution in [0.4, 0.5) is 5.69 Å². The number of allylic oxidation sites excluding steroid dienone is 1. The quantitative estimate of drug-likeness (QED) is 0.742. The molecule has 2 aliphatic rings. The van der Waals surface area contributed by atoms with Gasteiger partial charge in [-0.15, -0.1) is 0 Å². The van der Waals surface area contributed by atoms with E-state index in [0.717, 1.165) is 35.6 Å². The van der Waals surface area contributed by atoms with Gasteiger partial charge in [-0.1, -0.05) is 48.5 Å². The highest BCUT2D eigenvalue weighted by Gasteiger charge is 2.16. The molecule has 29 heavy (non-hydrogen) atoms. The lowest BCUT2D eigenvalue weighted by atomic mass is 10.1. The molecule has 1 saturated heterocycles. The lowest BCUT2D eigenvalue weighted by Crippen LogP contribution is -2.43. The number of nitrogens with zero attached hydrogens (tertiary/aromatic N) is 1. The Hall–Kier alpha value is -3.09. The van der Waals surface area contributed by atoms with E-state index >= 15 is 0 Å². The number of rotatable bonds is 6. The molecule has 2 aromatic rings. The van der Waals surface area contributed by atoms with Crippen molar-refractivity contribution >= 4 is 23.4 Å². The highest BCUT2D eigenvalue weighted by molar-refractivity contribution is 5.86. The zero-order valence-corrected chi connectivity index (χ0v) is 16.3. The molecule has 0 aromatic heterocycles. The van der Waals surface area contributed by atoms with Crippen molar-refractivity contribution in [2.45, 2.75) is 0 Å². The minimum atomic E-state index is -0.0531. The van der Waals surface area contributed by atoms with E-state index < -0.39 is 0 Å². The number of ether oxygens (including phenoxy) is 2. The number of hydrogen-bond donors (Lipinski definition) is 2. The summed E-state index contributed by atoms with van der Waals surface area (Å²) in [7, 11) is 0. The molecule has 1 fully saturated rings. The van der Waals surface area contributed by atoms with Gasteiger partial charge in [-0.3, -0.25) is 9.69 Å². The Labute approximate surface area is 170 Å². The summed E-state index contributed by atoms with van der Waals surface area (Å²) >= 11 is 0. The monoisotopic (exact) mass is 391 g/mol. The molecule has 0 saturated carbocycles. The van der Waals surface area contributed by atoms with E-state index in [-0.39, 0.29) is 12.6 Å². The Balaban J connectivity index is 1.45. The first-order valence-corrected chi connectivity index (χ1v) is 9.83. The van der Waals surface area contributed by atoms with Crippen LogP contribution >= 0.6 is 0 Å². The molecule has 0 spiro atoms. The number of anilines is 1. The molecular weight excluding hydrogens is 366 g/mol. The van der Waals surface area contributed by atoms with Gasteiger partial charge in [0.1, 0.15) is 5.76 Å². The van der Waals surface area contributed by atoms with Gasteiger partial charge >= 0.3 is 0 Å². The Morgan fingerprint density at radius 3 is 2.62 bits per heavy atom. The smallest absolute Gasteiger partial charge is 0.236 e. The molecule has 2 heterocycles. The minimum absolute atomic E-state index is 0.0531. The van der Waals surface area contributed by atoms with Crippen molar-refractivity contribution in [2.24, 2.45) is 0 Å². The number of carbonyl (C=O) groups is 1. The van der Waals surface area contributed by atoms with Crippen LogP contribution in [0.25, 0.3) is 11.8 Å². The van der Waals surface area contributed by atoms with Crippen molar-refractivity contribution in [1.82, 2.24) is 10.2 Å². The summed E-state index contributed by atoms with van der Waals surface area (Å²) < 4.78 is 11.3. The lowest BCUT2D eigenvalue weighted by Gasteiger charge is -2.25. The van der Waals surface area contributed by atoms with Crippen LogP contribution in [0, 0.1) is 0 Å². The largest absolute Gasteiger partial charge is 0.471 e. The molecule has 2 N–H and O–H groups in total. The normalized spacial score (nSPS) is 16.6. The van der Waals surface area contributed by atoms with Crippen LogP contribution in [0.5, 0.6) is 0 Å². The summed E-state index contributed by atoms with van der Waals surface area (Å²) in [5.74, 6) is 0.627. The average molecular weight is 391 g/mol. The van der Waals surface area contributed by atoms with Crippen LogP contribution in [0.3, 0.4) is 0 Å². The number of nitrogens with one attached hydrogen (secondary N) is 2. The van der Waals surface area contributed by atoms with Crippen molar-refractivity contribution in [3.05, 3.63) is 77.6 Å². The van der Waals surface area contributed by atoms with Crippen molar-refractivity contribution in [3.63, 3.8) is 0 Å². The van der Waals surface area contributed by atoms with Crippen molar-refractivity contribution in [1.29, 1.82) is 0 Å². The minimum Gasteiger partial charge on any atom is -0.471 e. The van der Waals surface area contributed by atoms with Gasteiger partial charge < -0.3 is 20.1 Å². The van der Waals surface area contributed by atoms with Gasteiger partial charge in [0, 0.05) is 24.3 Å². The van der Waals surface area contributed by atoms with E-state index in [9.17, 15) is 4.79 Å². The van der Waals surface area contributed by atoms with Gasteiger partial charge in [-0.2, -0.15) is 0 Å². The summed E-state index contributed by atoms with van der Waals surface area (Å²) in [4.78, 5) is 14.3. The van der Waals surface area contributed by atoms with Gasteiger partial charge in [-0.25, -0.2) is 0 Å². The summed E-state index contributed by atoms with van der Waals surface area (Å²) in [6, 6.07) is 18.1. The maximum Gasteiger partial charge on any atom is 0.236 e. The molecule has 2 aromatic carbocycles. The van der Waals surface area contributed by atoms with Crippen molar-refractivity contribution in [3.8, 4) is 0 Å². The number of carbonyl (C=O) groups excluding carboxylic acids is 1. The topological polar surface area (TPSA) is 62.8 Å². The highest BCUT2D eigenvalue weighted by Crippen LogP contribution is 2.29. The molecule has 150 valence electrons. The Kier molecular flexibility index (Phi) is 6.24. The van der Waals surface area contributed by atoms with Crippen LogP contribution < -0.4 is 10.6 Å². The highest BCUT2D eigenvalue weighted by atomic mass is 16.5. The first kappa shape index (κ1) is 19.2. The standard InChI is InChI=1S/C23H25N3O3/c27-22(16-26-12-14-28-15-13-26)24-17-29-21-11-10-18-6-4-5-9-20(18)25-23(21)19-7-2-1-3-8-19/h1-11,25H,12-17H2,(H,24,27). The van der Waals surface area contributed by atoms with Gasteiger partial charge in [-0.05, 0) is 23.8 Å². The molecule has 6 heteroatoms. The number of hydrogen-bond acceptors (Lipinski definition) is 5. The molecule has 4 rings (SSSR count). The van der Waals surface area contributed by atoms with Crippen LogP contribution in [0.15, 0.2) is 66.4 Å². The molecule has 0 radical (unpaired) electrons. The second kappa shape index (κ2) is 9.41. The number of benzene rings is 2. The SMILES string of the molecule is O=C(CN1CCOCC1)NCOC1=C(c2ccccc2)Nc2ccccc2C=C1. The maximum absolute atomic E-state index is 12.2. The summed E-state index contributed by atoms with van der Waals surface area (Å²) in [6.07, 6.45) is 3.96. The van der Waals surface area contributed by atoms with E-state index in [1.807, 2.05) is 60.7 Å². The van der Waals surface area contributed by atoms with E-state index in [4.69, 9.17) is 9.47 Å². The fourth-order valence-corrected chi connectivity index (χ4v) is 3.35. The third-order valence-corrected chi connectivity index (χ3v) is 4.91. The van der Waals surface area contributed by atoms with E-state index in [1.165, 1.54) is 0 Å². The molecule has 0 atom stereocenters. The van der Waals surface area contributed by atoms with Crippen LogP contribution in [-0.2, 0) is 14.3 Å². The van der Waals surface area contributed by atoms with E-state index in [0.29, 0.717) is 25.5 Å². The summed E-state index contributed by atoms with van der Waals surface area (Å²) in [5.41, 5.74) is 3.98. The fourth-order valence-electron chi connectivity index (χ4n) is 3.35. The third kappa shape index (κ3) is 5.04. The second-order valence-electron chi connectivity index (χ2n) is 6.93. The van der Waals surface area contributed by atoms with Gasteiger partial charge in [0.15, 0.2) is 6.73 Å². The van der Waals surface area contributed by atoms with E-state index in [2.05, 4.69) is 21.6 Å². The molecule has 0 aliphatic carbocycles. The predicted octanol–water partition coefficient (Wildman–Crippen LogP) is 2.92. The van der Waals surface area contributed by atoms with Crippen molar-refractivity contribution in [2.75, 3.05) is 44.9 Å². The number of fused-ring (bicyclic) bond motifs is 1. The fraction of sp³-hybridized carbons (Fsp3) is 0.261. The summed E-state index contributed by atoms with van der Waals surface area (Å²) in [6.45, 7) is 3.38. The molecule has 2 aliphatic heterocycles. The van der Waals surface area contributed by atoms with Gasteiger partial charge in [0.05, 0.1) is 25.5 Å². The number of para-hydroxylation sites is 1. The number of amides is 1. The molecule has 0 unspecified atom stereocenters. The lowest BCUT2D eigenvalue weighted by molar-refractivity contribution is -0.124. The van der Waals surface area contributed by atoms with Gasteiger partial charge in [0.25, 0.3) is 0 Å². The van der Waals surface area contributed by atoms with Crippen LogP contribution in [0.1, 0.15) is 11.1 Å². The average Bonchev–Trinajstić information content (AvgIpc) is 2.95. The molecule has 0 bridgehead atoms.